The molecule has 0 aliphatic carbocycles. The Labute approximate surface area is 114 Å². The molecule has 3 nitrogen and oxygen atoms in total. The molecule has 0 aromatic heterocycles. The number of amides is 1. The molecule has 0 fully saturated rings. The Hall–Kier alpha value is -2.01. The molecule has 4 N–H and O–H groups in total. The van der Waals surface area contributed by atoms with Crippen LogP contribution in [0.15, 0.2) is 46.2 Å². The van der Waals surface area contributed by atoms with E-state index in [1.807, 2.05) is 31.2 Å². The molecule has 0 radical (unpaired) electrons. The molecule has 0 bridgehead atoms. The number of hydrogen-bond donors (Lipinski definition) is 2. The van der Waals surface area contributed by atoms with Crippen molar-refractivity contribution < 1.29 is 9.18 Å². The summed E-state index contributed by atoms with van der Waals surface area (Å²) in [5.41, 5.74) is 12.0. The van der Waals surface area contributed by atoms with E-state index in [0.29, 0.717) is 4.90 Å². The molecule has 19 heavy (non-hydrogen) atoms. The van der Waals surface area contributed by atoms with Gasteiger partial charge in [-0.3, -0.25) is 4.79 Å². The summed E-state index contributed by atoms with van der Waals surface area (Å²) >= 11 is 1.24. The van der Waals surface area contributed by atoms with Crippen molar-refractivity contribution >= 4 is 23.4 Å². The Morgan fingerprint density at radius 3 is 2.53 bits per heavy atom. The lowest BCUT2D eigenvalue weighted by atomic mass is 10.1. The van der Waals surface area contributed by atoms with Crippen LogP contribution in [-0.2, 0) is 0 Å². The number of nitrogen functional groups attached to an aromatic ring is 1. The van der Waals surface area contributed by atoms with Crippen molar-refractivity contribution in [2.45, 2.75) is 16.7 Å². The molecule has 98 valence electrons. The summed E-state index contributed by atoms with van der Waals surface area (Å²) in [5, 5.41) is 0. The molecule has 5 heteroatoms. The second kappa shape index (κ2) is 5.32. The summed E-state index contributed by atoms with van der Waals surface area (Å²) in [6.45, 7) is 1.94. The molecule has 0 saturated carbocycles. The van der Waals surface area contributed by atoms with Gasteiger partial charge in [0.15, 0.2) is 0 Å². The Morgan fingerprint density at radius 1 is 1.21 bits per heavy atom. The Balaban J connectivity index is 2.43. The lowest BCUT2D eigenvalue weighted by molar-refractivity contribution is 0.100. The van der Waals surface area contributed by atoms with Gasteiger partial charge in [-0.1, -0.05) is 30.0 Å². The van der Waals surface area contributed by atoms with Crippen LogP contribution >= 0.6 is 11.8 Å². The van der Waals surface area contributed by atoms with Crippen LogP contribution in [0.4, 0.5) is 10.1 Å². The molecule has 0 heterocycles. The lowest BCUT2D eigenvalue weighted by Gasteiger charge is -2.09. The van der Waals surface area contributed by atoms with E-state index in [4.69, 9.17) is 11.5 Å². The fraction of sp³-hybridized carbons (Fsp3) is 0.0714. The first kappa shape index (κ1) is 13.4. The zero-order chi connectivity index (χ0) is 14.0. The van der Waals surface area contributed by atoms with E-state index in [1.165, 1.54) is 17.8 Å². The summed E-state index contributed by atoms with van der Waals surface area (Å²) < 4.78 is 13.9. The molecular weight excluding hydrogens is 263 g/mol. The predicted octanol–water partition coefficient (Wildman–Crippen LogP) is 2.97. The van der Waals surface area contributed by atoms with Gasteiger partial charge in [-0.2, -0.15) is 0 Å². The minimum Gasteiger partial charge on any atom is -0.398 e. The molecular formula is C14H13FN2OS. The number of nitrogens with two attached hydrogens (primary N) is 2. The van der Waals surface area contributed by atoms with Gasteiger partial charge in [-0.15, -0.1) is 0 Å². The third kappa shape index (κ3) is 2.88. The zero-order valence-corrected chi connectivity index (χ0v) is 11.1. The van der Waals surface area contributed by atoms with E-state index < -0.39 is 11.7 Å². The number of primary amides is 1. The van der Waals surface area contributed by atoms with E-state index in [2.05, 4.69) is 0 Å². The fourth-order valence-corrected chi connectivity index (χ4v) is 2.60. The van der Waals surface area contributed by atoms with Crippen LogP contribution in [0.3, 0.4) is 0 Å². The Bertz CT molecular complexity index is 643. The summed E-state index contributed by atoms with van der Waals surface area (Å²) in [4.78, 5) is 12.5. The van der Waals surface area contributed by atoms with Crippen molar-refractivity contribution in [2.75, 3.05) is 5.73 Å². The van der Waals surface area contributed by atoms with E-state index in [-0.39, 0.29) is 11.3 Å². The highest BCUT2D eigenvalue weighted by atomic mass is 32.2. The van der Waals surface area contributed by atoms with Gasteiger partial charge in [0, 0.05) is 15.5 Å². The largest absolute Gasteiger partial charge is 0.398 e. The van der Waals surface area contributed by atoms with Gasteiger partial charge in [-0.05, 0) is 30.7 Å². The maximum Gasteiger partial charge on any atom is 0.250 e. The maximum atomic E-state index is 13.9. The van der Waals surface area contributed by atoms with Gasteiger partial charge < -0.3 is 11.5 Å². The molecule has 0 unspecified atom stereocenters. The van der Waals surface area contributed by atoms with Crippen LogP contribution in [0.5, 0.6) is 0 Å². The molecule has 0 aliphatic rings. The molecule has 2 rings (SSSR count). The van der Waals surface area contributed by atoms with Gasteiger partial charge in [-0.25, -0.2) is 4.39 Å². The van der Waals surface area contributed by atoms with Crippen LogP contribution in [0.2, 0.25) is 0 Å². The predicted molar refractivity (Wildman–Crippen MR) is 74.6 cm³/mol. The average molecular weight is 276 g/mol. The first-order valence-corrected chi connectivity index (χ1v) is 6.43. The smallest absolute Gasteiger partial charge is 0.250 e. The number of rotatable bonds is 3. The highest BCUT2D eigenvalue weighted by molar-refractivity contribution is 7.99. The van der Waals surface area contributed by atoms with E-state index in [0.717, 1.165) is 16.5 Å². The van der Waals surface area contributed by atoms with Crippen LogP contribution in [0.25, 0.3) is 0 Å². The maximum absolute atomic E-state index is 13.9. The Kier molecular flexibility index (Phi) is 3.76. The number of benzene rings is 2. The van der Waals surface area contributed by atoms with Crippen LogP contribution in [0.1, 0.15) is 15.9 Å². The lowest BCUT2D eigenvalue weighted by Crippen LogP contribution is -2.14. The minimum absolute atomic E-state index is 0.0548. The number of carbonyl (C=O) groups excluding carboxylic acids is 1. The molecule has 0 atom stereocenters. The number of anilines is 1. The average Bonchev–Trinajstić information content (AvgIpc) is 2.34. The van der Waals surface area contributed by atoms with E-state index >= 15 is 0 Å². The first-order valence-electron chi connectivity index (χ1n) is 5.61. The standard InChI is InChI=1S/C14H13FN2OS/c1-8-4-2-3-5-12(8)19-13-6-9(14(17)18)11(16)7-10(13)15/h2-7H,16H2,1H3,(H2,17,18). The quantitative estimate of drug-likeness (QED) is 0.847. The molecule has 0 saturated heterocycles. The number of hydrogen-bond acceptors (Lipinski definition) is 3. The SMILES string of the molecule is Cc1ccccc1Sc1cc(C(N)=O)c(N)cc1F. The summed E-state index contributed by atoms with van der Waals surface area (Å²) in [6.07, 6.45) is 0. The second-order valence-electron chi connectivity index (χ2n) is 4.10. The van der Waals surface area contributed by atoms with Crippen molar-refractivity contribution in [1.29, 1.82) is 0 Å². The van der Waals surface area contributed by atoms with E-state index in [1.54, 1.807) is 0 Å². The zero-order valence-electron chi connectivity index (χ0n) is 10.3. The van der Waals surface area contributed by atoms with Crippen LogP contribution in [-0.4, -0.2) is 5.91 Å². The van der Waals surface area contributed by atoms with Crippen molar-refractivity contribution in [1.82, 2.24) is 0 Å². The monoisotopic (exact) mass is 276 g/mol. The molecule has 0 spiro atoms. The highest BCUT2D eigenvalue weighted by Crippen LogP contribution is 2.33. The highest BCUT2D eigenvalue weighted by Gasteiger charge is 2.13. The summed E-state index contributed by atoms with van der Waals surface area (Å²) in [5.74, 6) is -1.13. The summed E-state index contributed by atoms with van der Waals surface area (Å²) in [7, 11) is 0. The second-order valence-corrected chi connectivity index (χ2v) is 5.19. The first-order chi connectivity index (χ1) is 8.99. The molecule has 2 aromatic rings. The van der Waals surface area contributed by atoms with Crippen molar-refractivity contribution in [3.8, 4) is 0 Å². The normalized spacial score (nSPS) is 10.4. The van der Waals surface area contributed by atoms with Crippen molar-refractivity contribution in [3.63, 3.8) is 0 Å². The van der Waals surface area contributed by atoms with Gasteiger partial charge in [0.1, 0.15) is 5.82 Å². The number of carbonyl (C=O) groups is 1. The third-order valence-corrected chi connectivity index (χ3v) is 3.89. The topological polar surface area (TPSA) is 69.1 Å². The number of aryl methyl sites for hydroxylation is 1. The fourth-order valence-electron chi connectivity index (χ4n) is 1.65. The van der Waals surface area contributed by atoms with Crippen molar-refractivity contribution in [2.24, 2.45) is 5.73 Å². The number of halogens is 1. The molecule has 0 aliphatic heterocycles. The molecule has 1 amide bonds. The van der Waals surface area contributed by atoms with Gasteiger partial charge >= 0.3 is 0 Å². The third-order valence-electron chi connectivity index (χ3n) is 2.68. The molecule has 2 aromatic carbocycles. The summed E-state index contributed by atoms with van der Waals surface area (Å²) in [6, 6.07) is 10.1. The van der Waals surface area contributed by atoms with Gasteiger partial charge in [0.2, 0.25) is 0 Å². The van der Waals surface area contributed by atoms with Gasteiger partial charge in [0.25, 0.3) is 5.91 Å². The van der Waals surface area contributed by atoms with Crippen molar-refractivity contribution in [3.05, 3.63) is 53.3 Å². The van der Waals surface area contributed by atoms with Gasteiger partial charge in [0.05, 0.1) is 5.56 Å². The van der Waals surface area contributed by atoms with Crippen LogP contribution < -0.4 is 11.5 Å². The Morgan fingerprint density at radius 2 is 1.89 bits per heavy atom. The minimum atomic E-state index is -0.663. The van der Waals surface area contributed by atoms with Crippen LogP contribution in [0, 0.1) is 12.7 Å². The van der Waals surface area contributed by atoms with E-state index in [9.17, 15) is 9.18 Å².